The maximum Gasteiger partial charge on any atom is 0.324 e. The first-order chi connectivity index (χ1) is 14.6. The van der Waals surface area contributed by atoms with Gasteiger partial charge in [-0.3, -0.25) is 13.9 Å². The first-order valence-corrected chi connectivity index (χ1v) is 11.3. The van der Waals surface area contributed by atoms with Crippen LogP contribution in [0.1, 0.15) is 22.8 Å². The highest BCUT2D eigenvalue weighted by atomic mass is 35.5. The van der Waals surface area contributed by atoms with Gasteiger partial charge in [0.25, 0.3) is 15.9 Å². The van der Waals surface area contributed by atoms with E-state index in [1.807, 2.05) is 0 Å². The van der Waals surface area contributed by atoms with Crippen LogP contribution < -0.4 is 10.0 Å². The Morgan fingerprint density at radius 1 is 1.06 bits per heavy atom. The number of carbonyl (C=O) groups excluding carboxylic acids is 1. The van der Waals surface area contributed by atoms with E-state index in [0.29, 0.717) is 27.1 Å². The number of anilines is 1. The second kappa shape index (κ2) is 8.74. The van der Waals surface area contributed by atoms with Crippen molar-refractivity contribution in [2.75, 3.05) is 10.8 Å². The van der Waals surface area contributed by atoms with Gasteiger partial charge in [-0.1, -0.05) is 60.5 Å². The number of sulfonamides is 1. The Balaban J connectivity index is 2.45. The Hall–Kier alpha value is -2.81. The van der Waals surface area contributed by atoms with Gasteiger partial charge < -0.3 is 10.8 Å². The van der Waals surface area contributed by atoms with Gasteiger partial charge in [-0.15, -0.1) is 0 Å². The monoisotopic (exact) mass is 480 g/mol. The fraction of sp³-hybridized carbons (Fsp3) is 0.143. The van der Waals surface area contributed by atoms with Gasteiger partial charge in [0.05, 0.1) is 16.1 Å². The average molecular weight is 481 g/mol. The number of aliphatic carboxylic acids is 1. The highest BCUT2D eigenvalue weighted by Crippen LogP contribution is 2.37. The second-order valence-electron chi connectivity index (χ2n) is 6.71. The number of carbonyl (C=O) groups is 2. The number of hydrogen-bond donors (Lipinski definition) is 2. The first kappa shape index (κ1) is 22.9. The first-order valence-electron chi connectivity index (χ1n) is 9.11. The molecule has 0 fully saturated rings. The molecule has 0 heterocycles. The number of primary amides is 1. The molecule has 1 amide bonds. The summed E-state index contributed by atoms with van der Waals surface area (Å²) in [7, 11) is -4.49. The Morgan fingerprint density at radius 3 is 2.23 bits per heavy atom. The van der Waals surface area contributed by atoms with E-state index in [9.17, 15) is 23.1 Å². The van der Waals surface area contributed by atoms with Gasteiger partial charge in [-0.2, -0.15) is 0 Å². The van der Waals surface area contributed by atoms with Crippen molar-refractivity contribution < 1.29 is 23.1 Å². The number of rotatable bonds is 7. The molecule has 0 aliphatic heterocycles. The van der Waals surface area contributed by atoms with E-state index in [1.54, 1.807) is 37.3 Å². The van der Waals surface area contributed by atoms with Gasteiger partial charge in [0.2, 0.25) is 0 Å². The molecule has 0 atom stereocenters. The van der Waals surface area contributed by atoms with Crippen LogP contribution in [0, 0.1) is 0 Å². The van der Waals surface area contributed by atoms with E-state index >= 15 is 0 Å². The van der Waals surface area contributed by atoms with Gasteiger partial charge in [0.15, 0.2) is 0 Å². The molecule has 0 bridgehead atoms. The number of benzene rings is 3. The number of halogens is 2. The number of nitrogens with two attached hydrogens (primary N) is 1. The number of carboxylic acid groups (broad SMARTS) is 1. The van der Waals surface area contributed by atoms with Gasteiger partial charge in [0.1, 0.15) is 6.54 Å². The van der Waals surface area contributed by atoms with Crippen LogP contribution in [0.4, 0.5) is 5.69 Å². The van der Waals surface area contributed by atoms with Crippen LogP contribution >= 0.6 is 23.2 Å². The summed E-state index contributed by atoms with van der Waals surface area (Å²) in [5.41, 5.74) is 5.97. The number of nitrogens with zero attached hydrogens (tertiary/aromatic N) is 1. The third-order valence-corrected chi connectivity index (χ3v) is 6.84. The van der Waals surface area contributed by atoms with Crippen molar-refractivity contribution in [3.05, 3.63) is 69.7 Å². The Labute approximate surface area is 189 Å². The van der Waals surface area contributed by atoms with E-state index in [1.165, 1.54) is 6.07 Å². The molecule has 7 nitrogen and oxygen atoms in total. The summed E-state index contributed by atoms with van der Waals surface area (Å²) in [5.74, 6) is -2.29. The molecule has 0 aliphatic carbocycles. The zero-order valence-corrected chi connectivity index (χ0v) is 18.6. The largest absolute Gasteiger partial charge is 0.480 e. The van der Waals surface area contributed by atoms with Gasteiger partial charge in [0, 0.05) is 15.4 Å². The topological polar surface area (TPSA) is 118 Å². The summed E-state index contributed by atoms with van der Waals surface area (Å²) >= 11 is 12.0. The predicted molar refractivity (Wildman–Crippen MR) is 120 cm³/mol. The lowest BCUT2D eigenvalue weighted by molar-refractivity contribution is -0.135. The maximum atomic E-state index is 13.6. The lowest BCUT2D eigenvalue weighted by Gasteiger charge is -2.27. The van der Waals surface area contributed by atoms with Gasteiger partial charge >= 0.3 is 5.97 Å². The van der Waals surface area contributed by atoms with Crippen LogP contribution in [0.3, 0.4) is 0 Å². The summed E-state index contributed by atoms with van der Waals surface area (Å²) in [6.07, 6.45) is 0.375. The molecule has 0 radical (unpaired) electrons. The van der Waals surface area contributed by atoms with Crippen LogP contribution in [-0.4, -0.2) is 31.9 Å². The van der Waals surface area contributed by atoms with Crippen molar-refractivity contribution >= 4 is 61.6 Å². The summed E-state index contributed by atoms with van der Waals surface area (Å²) in [6.45, 7) is 0.844. The summed E-state index contributed by atoms with van der Waals surface area (Å²) in [5, 5.41) is 10.6. The van der Waals surface area contributed by atoms with E-state index in [0.717, 1.165) is 12.1 Å². The lowest BCUT2D eigenvalue weighted by Crippen LogP contribution is -2.37. The Morgan fingerprint density at radius 2 is 1.68 bits per heavy atom. The highest BCUT2D eigenvalue weighted by Gasteiger charge is 2.33. The number of hydrogen-bond acceptors (Lipinski definition) is 4. The summed E-state index contributed by atoms with van der Waals surface area (Å²) in [4.78, 5) is 23.8. The van der Waals surface area contributed by atoms with E-state index in [2.05, 4.69) is 0 Å². The molecule has 0 aromatic heterocycles. The molecule has 3 aromatic rings. The molecule has 0 aliphatic rings. The van der Waals surface area contributed by atoms with E-state index in [-0.39, 0.29) is 26.2 Å². The number of fused-ring (bicyclic) bond motifs is 1. The Kier molecular flexibility index (Phi) is 6.45. The molecule has 0 saturated heterocycles. The molecule has 0 spiro atoms. The normalized spacial score (nSPS) is 11.5. The van der Waals surface area contributed by atoms with Crippen LogP contribution in [0.15, 0.2) is 53.4 Å². The predicted octanol–water partition coefficient (Wildman–Crippen LogP) is 4.09. The Bertz CT molecular complexity index is 1290. The fourth-order valence-electron chi connectivity index (χ4n) is 3.41. The quantitative estimate of drug-likeness (QED) is 0.527. The van der Waals surface area contributed by atoms with Crippen LogP contribution in [0.2, 0.25) is 10.0 Å². The van der Waals surface area contributed by atoms with Crippen LogP contribution in [0.25, 0.3) is 10.8 Å². The highest BCUT2D eigenvalue weighted by molar-refractivity contribution is 7.93. The standard InChI is InChI=1S/C21H18Cl2N2O5S/c1-2-12-7-13-5-3-4-6-17(13)20(19(12)21(24)28)25(11-18(26)27)31(29,30)16-9-14(22)8-15(23)10-16/h3-10H,2,11H2,1H3,(H2,24,28)(H,26,27). The SMILES string of the molecule is CCc1cc2ccccc2c(N(CC(=O)O)S(=O)(=O)c2cc(Cl)cc(Cl)c2)c1C(N)=O. The van der Waals surface area contributed by atoms with Crippen molar-refractivity contribution in [3.63, 3.8) is 0 Å². The van der Waals surface area contributed by atoms with E-state index < -0.39 is 28.4 Å². The van der Waals surface area contributed by atoms with E-state index in [4.69, 9.17) is 28.9 Å². The number of amides is 1. The molecule has 0 unspecified atom stereocenters. The second-order valence-corrected chi connectivity index (χ2v) is 9.44. The molecular formula is C21H18Cl2N2O5S. The molecular weight excluding hydrogens is 463 g/mol. The van der Waals surface area contributed by atoms with Crippen LogP contribution in [-0.2, 0) is 21.2 Å². The molecule has 3 aromatic carbocycles. The van der Waals surface area contributed by atoms with Crippen molar-refractivity contribution in [1.29, 1.82) is 0 Å². The minimum absolute atomic E-state index is 0.0563. The van der Waals surface area contributed by atoms with Crippen molar-refractivity contribution in [1.82, 2.24) is 0 Å². The summed E-state index contributed by atoms with van der Waals surface area (Å²) in [6, 6.07) is 12.2. The summed E-state index contributed by atoms with van der Waals surface area (Å²) < 4.78 is 27.8. The molecule has 0 saturated carbocycles. The zero-order valence-electron chi connectivity index (χ0n) is 16.3. The lowest BCUT2D eigenvalue weighted by atomic mass is 9.96. The number of aryl methyl sites for hydroxylation is 1. The molecule has 31 heavy (non-hydrogen) atoms. The average Bonchev–Trinajstić information content (AvgIpc) is 2.69. The third-order valence-electron chi connectivity index (χ3n) is 4.68. The molecule has 3 N–H and O–H groups in total. The van der Waals surface area contributed by atoms with Crippen molar-refractivity contribution in [3.8, 4) is 0 Å². The smallest absolute Gasteiger partial charge is 0.324 e. The minimum Gasteiger partial charge on any atom is -0.480 e. The van der Waals surface area contributed by atoms with Crippen molar-refractivity contribution in [2.24, 2.45) is 5.73 Å². The molecule has 3 rings (SSSR count). The van der Waals surface area contributed by atoms with Gasteiger partial charge in [-0.05, 0) is 35.6 Å². The van der Waals surface area contributed by atoms with Crippen LogP contribution in [0.5, 0.6) is 0 Å². The van der Waals surface area contributed by atoms with Gasteiger partial charge in [-0.25, -0.2) is 8.42 Å². The molecule has 10 heteroatoms. The fourth-order valence-corrected chi connectivity index (χ4v) is 5.58. The zero-order chi connectivity index (χ0) is 22.9. The molecule has 162 valence electrons. The maximum absolute atomic E-state index is 13.6. The third kappa shape index (κ3) is 4.46. The van der Waals surface area contributed by atoms with Crippen molar-refractivity contribution in [2.45, 2.75) is 18.2 Å². The minimum atomic E-state index is -4.49. The number of carboxylic acids is 1.